The highest BCUT2D eigenvalue weighted by Crippen LogP contribution is 2.11. The van der Waals surface area contributed by atoms with Gasteiger partial charge in [0.05, 0.1) is 0 Å². The summed E-state index contributed by atoms with van der Waals surface area (Å²) < 4.78 is 5.98. The van der Waals surface area contributed by atoms with Crippen molar-refractivity contribution in [3.8, 4) is 0 Å². The first kappa shape index (κ1) is 17.9. The minimum absolute atomic E-state index is 0.109. The molecule has 0 aliphatic carbocycles. The first-order valence-corrected chi connectivity index (χ1v) is 8.27. The topological polar surface area (TPSA) is 55.4 Å². The second-order valence-electron chi connectivity index (χ2n) is 5.14. The second-order valence-corrected chi connectivity index (χ2v) is 6.06. The van der Waals surface area contributed by atoms with Gasteiger partial charge in [0.2, 0.25) is 0 Å². The van der Waals surface area contributed by atoms with E-state index in [2.05, 4.69) is 27.8 Å². The Morgan fingerprint density at radius 1 is 1.12 bits per heavy atom. The van der Waals surface area contributed by atoms with Crippen LogP contribution in [0.15, 0.2) is 71.7 Å². The van der Waals surface area contributed by atoms with E-state index in [-0.39, 0.29) is 12.5 Å². The second kappa shape index (κ2) is 9.03. The van der Waals surface area contributed by atoms with Gasteiger partial charge in [-0.2, -0.15) is 0 Å². The van der Waals surface area contributed by atoms with Gasteiger partial charge in [0.15, 0.2) is 0 Å². The molecule has 0 fully saturated rings. The van der Waals surface area contributed by atoms with Gasteiger partial charge >= 0.3 is 5.97 Å². The maximum atomic E-state index is 12.4. The maximum Gasteiger partial charge on any atom is 0.329 e. The molecule has 24 heavy (non-hydrogen) atoms. The van der Waals surface area contributed by atoms with Crippen molar-refractivity contribution in [2.75, 3.05) is 6.61 Å². The molecular weight excluding hydrogens is 370 g/mol. The van der Waals surface area contributed by atoms with Gasteiger partial charge in [-0.1, -0.05) is 58.9 Å². The number of carbonyl (C=O) groups is 2. The Balaban J connectivity index is 2.12. The number of nitrogens with one attached hydrogen (secondary N) is 1. The summed E-state index contributed by atoms with van der Waals surface area (Å²) >= 11 is 3.33. The molecule has 2 rings (SSSR count). The molecule has 4 nitrogen and oxygen atoms in total. The molecule has 0 radical (unpaired) electrons. The van der Waals surface area contributed by atoms with Crippen molar-refractivity contribution in [3.05, 3.63) is 82.9 Å². The summed E-state index contributed by atoms with van der Waals surface area (Å²) in [7, 11) is 0. The molecule has 1 N–H and O–H groups in total. The zero-order valence-electron chi connectivity index (χ0n) is 13.1. The van der Waals surface area contributed by atoms with Crippen LogP contribution >= 0.6 is 15.9 Å². The third-order valence-electron chi connectivity index (χ3n) is 3.32. The summed E-state index contributed by atoms with van der Waals surface area (Å²) in [4.78, 5) is 24.6. The smallest absolute Gasteiger partial charge is 0.329 e. The zero-order chi connectivity index (χ0) is 17.4. The van der Waals surface area contributed by atoms with Crippen molar-refractivity contribution >= 4 is 27.8 Å². The molecule has 0 aromatic heterocycles. The lowest BCUT2D eigenvalue weighted by atomic mass is 10.1. The highest BCUT2D eigenvalue weighted by Gasteiger charge is 2.23. The Kier molecular flexibility index (Phi) is 6.75. The molecule has 1 amide bonds. The van der Waals surface area contributed by atoms with Crippen molar-refractivity contribution in [2.45, 2.75) is 12.5 Å². The normalized spacial score (nSPS) is 11.4. The lowest BCUT2D eigenvalue weighted by molar-refractivity contribution is -0.144. The zero-order valence-corrected chi connectivity index (χ0v) is 14.7. The molecule has 0 aliphatic heterocycles. The van der Waals surface area contributed by atoms with Crippen molar-refractivity contribution in [2.24, 2.45) is 0 Å². The maximum absolute atomic E-state index is 12.4. The molecule has 2 aromatic carbocycles. The lowest BCUT2D eigenvalue weighted by Crippen LogP contribution is -2.43. The average Bonchev–Trinajstić information content (AvgIpc) is 2.60. The average molecular weight is 388 g/mol. The molecule has 0 aliphatic rings. The molecule has 0 heterocycles. The Morgan fingerprint density at radius 2 is 1.79 bits per heavy atom. The molecule has 0 unspecified atom stereocenters. The quantitative estimate of drug-likeness (QED) is 0.583. The van der Waals surface area contributed by atoms with E-state index in [0.717, 1.165) is 10.0 Å². The Bertz CT molecular complexity index is 698. The van der Waals surface area contributed by atoms with Crippen LogP contribution in [0.4, 0.5) is 0 Å². The van der Waals surface area contributed by atoms with Crippen molar-refractivity contribution in [1.29, 1.82) is 0 Å². The number of amides is 1. The van der Waals surface area contributed by atoms with Gasteiger partial charge in [-0.05, 0) is 29.8 Å². The van der Waals surface area contributed by atoms with Crippen molar-refractivity contribution < 1.29 is 14.3 Å². The van der Waals surface area contributed by atoms with Gasteiger partial charge in [0, 0.05) is 16.5 Å². The minimum atomic E-state index is -0.761. The number of halogens is 1. The SMILES string of the molecule is C=CCOC(=O)[C@@H](Cc1ccccc1)NC(=O)c1ccc(Br)cc1. The molecule has 0 saturated carbocycles. The van der Waals surface area contributed by atoms with Crippen molar-refractivity contribution in [1.82, 2.24) is 5.32 Å². The van der Waals surface area contributed by atoms with Gasteiger partial charge in [-0.3, -0.25) is 4.79 Å². The molecule has 2 aromatic rings. The van der Waals surface area contributed by atoms with E-state index in [9.17, 15) is 9.59 Å². The standard InChI is InChI=1S/C19H18BrNO3/c1-2-12-24-19(23)17(13-14-6-4-3-5-7-14)21-18(22)15-8-10-16(20)11-9-15/h2-11,17H,1,12-13H2,(H,21,22)/t17-/m1/s1. The summed E-state index contributed by atoms with van der Waals surface area (Å²) in [5.41, 5.74) is 1.42. The third-order valence-corrected chi connectivity index (χ3v) is 3.85. The van der Waals surface area contributed by atoms with Crippen LogP contribution in [0, 0.1) is 0 Å². The van der Waals surface area contributed by atoms with Crippen LogP contribution in [0.1, 0.15) is 15.9 Å². The van der Waals surface area contributed by atoms with E-state index >= 15 is 0 Å². The highest BCUT2D eigenvalue weighted by molar-refractivity contribution is 9.10. The number of carbonyl (C=O) groups excluding carboxylic acids is 2. The monoisotopic (exact) mass is 387 g/mol. The summed E-state index contributed by atoms with van der Waals surface area (Å²) in [5.74, 6) is -0.803. The molecule has 5 heteroatoms. The van der Waals surface area contributed by atoms with Crippen LogP contribution in [-0.4, -0.2) is 24.5 Å². The Labute approximate surface area is 149 Å². The van der Waals surface area contributed by atoms with Crippen molar-refractivity contribution in [3.63, 3.8) is 0 Å². The predicted molar refractivity (Wildman–Crippen MR) is 96.7 cm³/mol. The molecule has 0 spiro atoms. The summed E-state index contributed by atoms with van der Waals surface area (Å²) in [6.07, 6.45) is 1.85. The van der Waals surface area contributed by atoms with E-state index in [4.69, 9.17) is 4.74 Å². The van der Waals surface area contributed by atoms with E-state index in [0.29, 0.717) is 12.0 Å². The highest BCUT2D eigenvalue weighted by atomic mass is 79.9. The number of hydrogen-bond acceptors (Lipinski definition) is 3. The lowest BCUT2D eigenvalue weighted by Gasteiger charge is -2.17. The fraction of sp³-hybridized carbons (Fsp3) is 0.158. The van der Waals surface area contributed by atoms with Crippen LogP contribution < -0.4 is 5.32 Å². The third kappa shape index (κ3) is 5.35. The summed E-state index contributed by atoms with van der Waals surface area (Å²) in [6, 6.07) is 15.6. The fourth-order valence-electron chi connectivity index (χ4n) is 2.13. The summed E-state index contributed by atoms with van der Waals surface area (Å²) in [5, 5.41) is 2.75. The number of hydrogen-bond donors (Lipinski definition) is 1. The number of rotatable bonds is 7. The van der Waals surface area contributed by atoms with E-state index in [1.165, 1.54) is 6.08 Å². The van der Waals surface area contributed by atoms with Gasteiger partial charge in [0.1, 0.15) is 12.6 Å². The van der Waals surface area contributed by atoms with Gasteiger partial charge < -0.3 is 10.1 Å². The molecule has 0 saturated heterocycles. The van der Waals surface area contributed by atoms with Crippen LogP contribution in [0.3, 0.4) is 0 Å². The van der Waals surface area contributed by atoms with Gasteiger partial charge in [-0.15, -0.1) is 0 Å². The predicted octanol–water partition coefficient (Wildman–Crippen LogP) is 3.52. The Morgan fingerprint density at radius 3 is 2.42 bits per heavy atom. The molecule has 124 valence electrons. The van der Waals surface area contributed by atoms with E-state index in [1.54, 1.807) is 24.3 Å². The van der Waals surface area contributed by atoms with Gasteiger partial charge in [-0.25, -0.2) is 4.79 Å². The fourth-order valence-corrected chi connectivity index (χ4v) is 2.39. The Hall–Kier alpha value is -2.40. The van der Waals surface area contributed by atoms with Gasteiger partial charge in [0.25, 0.3) is 5.91 Å². The van der Waals surface area contributed by atoms with E-state index in [1.807, 2.05) is 30.3 Å². The molecular formula is C19H18BrNO3. The number of ether oxygens (including phenoxy) is 1. The van der Waals surface area contributed by atoms with Crippen LogP contribution in [0.25, 0.3) is 0 Å². The minimum Gasteiger partial charge on any atom is -0.460 e. The first-order valence-electron chi connectivity index (χ1n) is 7.48. The number of esters is 1. The number of benzene rings is 2. The van der Waals surface area contributed by atoms with Crippen LogP contribution in [-0.2, 0) is 16.0 Å². The summed E-state index contributed by atoms with van der Waals surface area (Å²) in [6.45, 7) is 3.63. The van der Waals surface area contributed by atoms with Crippen LogP contribution in [0.2, 0.25) is 0 Å². The molecule has 1 atom stereocenters. The first-order chi connectivity index (χ1) is 11.6. The van der Waals surface area contributed by atoms with Crippen LogP contribution in [0.5, 0.6) is 0 Å². The largest absolute Gasteiger partial charge is 0.460 e. The van der Waals surface area contributed by atoms with E-state index < -0.39 is 12.0 Å². The molecule has 0 bridgehead atoms.